The van der Waals surface area contributed by atoms with Gasteiger partial charge in [-0.2, -0.15) is 0 Å². The third kappa shape index (κ3) is 3.90. The summed E-state index contributed by atoms with van der Waals surface area (Å²) in [6.45, 7) is 5.01. The molecule has 0 saturated heterocycles. The molecule has 0 radical (unpaired) electrons. The molecule has 0 saturated carbocycles. The van der Waals surface area contributed by atoms with Crippen molar-refractivity contribution in [1.82, 2.24) is 0 Å². The maximum Gasteiger partial charge on any atom is 0.308 e. The number of carbonyl (C=O) groups is 1. The third-order valence-electron chi connectivity index (χ3n) is 1.76. The van der Waals surface area contributed by atoms with E-state index in [0.29, 0.717) is 17.1 Å². The predicted octanol–water partition coefficient (Wildman–Crippen LogP) is 1.89. The minimum atomic E-state index is -0.398. The predicted molar refractivity (Wildman–Crippen MR) is 59.4 cm³/mol. The Bertz CT molecular complexity index is 371. The van der Waals surface area contributed by atoms with Crippen LogP contribution in [-0.2, 0) is 11.4 Å². The van der Waals surface area contributed by atoms with Gasteiger partial charge >= 0.3 is 5.97 Å². The van der Waals surface area contributed by atoms with Crippen LogP contribution in [0.2, 0.25) is 0 Å². The van der Waals surface area contributed by atoms with Gasteiger partial charge in [-0.1, -0.05) is 0 Å². The summed E-state index contributed by atoms with van der Waals surface area (Å²) in [5.41, 5.74) is 0.648. The number of aliphatic hydroxyl groups excluding tert-OH is 1. The lowest BCUT2D eigenvalue weighted by Gasteiger charge is -2.12. The van der Waals surface area contributed by atoms with Crippen molar-refractivity contribution in [2.45, 2.75) is 33.5 Å². The van der Waals surface area contributed by atoms with Crippen LogP contribution in [0.3, 0.4) is 0 Å². The van der Waals surface area contributed by atoms with Gasteiger partial charge in [0.2, 0.25) is 0 Å². The summed E-state index contributed by atoms with van der Waals surface area (Å²) in [4.78, 5) is 10.8. The Labute approximate surface area is 94.8 Å². The number of hydrogen-bond acceptors (Lipinski definition) is 4. The molecule has 0 aliphatic heterocycles. The SMILES string of the molecule is CC(=O)Oc1cc(CO)cc(OC(C)C)c1. The Morgan fingerprint density at radius 2 is 1.94 bits per heavy atom. The van der Waals surface area contributed by atoms with Gasteiger partial charge in [-0.3, -0.25) is 4.79 Å². The topological polar surface area (TPSA) is 55.8 Å². The van der Waals surface area contributed by atoms with Gasteiger partial charge in [0.05, 0.1) is 12.7 Å². The van der Waals surface area contributed by atoms with Crippen LogP contribution < -0.4 is 9.47 Å². The second-order valence-electron chi connectivity index (χ2n) is 3.73. The van der Waals surface area contributed by atoms with E-state index in [9.17, 15) is 4.79 Å². The Hall–Kier alpha value is -1.55. The largest absolute Gasteiger partial charge is 0.491 e. The summed E-state index contributed by atoms with van der Waals surface area (Å²) in [5, 5.41) is 9.06. The second-order valence-corrected chi connectivity index (χ2v) is 3.73. The highest BCUT2D eigenvalue weighted by Crippen LogP contribution is 2.24. The molecule has 0 unspecified atom stereocenters. The van der Waals surface area contributed by atoms with Gasteiger partial charge < -0.3 is 14.6 Å². The molecule has 1 N–H and O–H groups in total. The number of aliphatic hydroxyl groups is 1. The van der Waals surface area contributed by atoms with E-state index in [1.807, 2.05) is 13.8 Å². The van der Waals surface area contributed by atoms with Crippen LogP contribution in [-0.4, -0.2) is 17.2 Å². The average molecular weight is 224 g/mol. The van der Waals surface area contributed by atoms with Crippen molar-refractivity contribution in [3.8, 4) is 11.5 Å². The normalized spacial score (nSPS) is 10.3. The van der Waals surface area contributed by atoms with Gasteiger partial charge in [0.25, 0.3) is 0 Å². The molecule has 0 aliphatic carbocycles. The number of ether oxygens (including phenoxy) is 2. The molecule has 0 fully saturated rings. The van der Waals surface area contributed by atoms with Crippen molar-refractivity contribution < 1.29 is 19.4 Å². The van der Waals surface area contributed by atoms with E-state index in [-0.39, 0.29) is 12.7 Å². The molecular formula is C12H16O4. The second kappa shape index (κ2) is 5.51. The highest BCUT2D eigenvalue weighted by Gasteiger charge is 2.06. The number of benzene rings is 1. The fraction of sp³-hybridized carbons (Fsp3) is 0.417. The van der Waals surface area contributed by atoms with Crippen LogP contribution in [0.15, 0.2) is 18.2 Å². The minimum Gasteiger partial charge on any atom is -0.491 e. The van der Waals surface area contributed by atoms with Gasteiger partial charge in [0.1, 0.15) is 11.5 Å². The van der Waals surface area contributed by atoms with Gasteiger partial charge in [0, 0.05) is 13.0 Å². The van der Waals surface area contributed by atoms with Crippen LogP contribution in [0.5, 0.6) is 11.5 Å². The molecule has 1 rings (SSSR count). The monoisotopic (exact) mass is 224 g/mol. The first-order valence-corrected chi connectivity index (χ1v) is 5.11. The molecule has 1 aromatic carbocycles. The zero-order valence-corrected chi connectivity index (χ0v) is 9.69. The Morgan fingerprint density at radius 3 is 2.44 bits per heavy atom. The number of carbonyl (C=O) groups excluding carboxylic acids is 1. The van der Waals surface area contributed by atoms with E-state index in [0.717, 1.165) is 0 Å². The molecule has 0 spiro atoms. The van der Waals surface area contributed by atoms with Crippen LogP contribution in [0.25, 0.3) is 0 Å². The molecule has 0 bridgehead atoms. The summed E-state index contributed by atoms with van der Waals surface area (Å²) >= 11 is 0. The third-order valence-corrected chi connectivity index (χ3v) is 1.76. The summed E-state index contributed by atoms with van der Waals surface area (Å²) in [7, 11) is 0. The smallest absolute Gasteiger partial charge is 0.308 e. The van der Waals surface area contributed by atoms with Crippen LogP contribution in [0.1, 0.15) is 26.3 Å². The molecule has 0 aliphatic rings. The van der Waals surface area contributed by atoms with E-state index in [2.05, 4.69) is 0 Å². The number of rotatable bonds is 4. The van der Waals surface area contributed by atoms with Crippen molar-refractivity contribution in [2.24, 2.45) is 0 Å². The van der Waals surface area contributed by atoms with Crippen molar-refractivity contribution >= 4 is 5.97 Å². The van der Waals surface area contributed by atoms with Gasteiger partial charge in [-0.05, 0) is 31.5 Å². The van der Waals surface area contributed by atoms with E-state index >= 15 is 0 Å². The molecule has 4 heteroatoms. The van der Waals surface area contributed by atoms with Crippen molar-refractivity contribution in [1.29, 1.82) is 0 Å². The van der Waals surface area contributed by atoms with E-state index in [1.54, 1.807) is 18.2 Å². The van der Waals surface area contributed by atoms with E-state index in [4.69, 9.17) is 14.6 Å². The number of hydrogen-bond donors (Lipinski definition) is 1. The molecule has 0 heterocycles. The molecule has 0 aromatic heterocycles. The molecule has 16 heavy (non-hydrogen) atoms. The fourth-order valence-electron chi connectivity index (χ4n) is 1.29. The zero-order chi connectivity index (χ0) is 12.1. The molecule has 4 nitrogen and oxygen atoms in total. The zero-order valence-electron chi connectivity index (χ0n) is 9.69. The van der Waals surface area contributed by atoms with E-state index in [1.165, 1.54) is 6.92 Å². The molecule has 0 amide bonds. The van der Waals surface area contributed by atoms with Crippen LogP contribution in [0.4, 0.5) is 0 Å². The van der Waals surface area contributed by atoms with Crippen LogP contribution in [0, 0.1) is 0 Å². The summed E-state index contributed by atoms with van der Waals surface area (Å²) in [5.74, 6) is 0.568. The lowest BCUT2D eigenvalue weighted by Crippen LogP contribution is -2.07. The average Bonchev–Trinajstić information content (AvgIpc) is 2.14. The van der Waals surface area contributed by atoms with Gasteiger partial charge in [-0.15, -0.1) is 0 Å². The molecule has 0 atom stereocenters. The van der Waals surface area contributed by atoms with Crippen molar-refractivity contribution in [3.63, 3.8) is 0 Å². The highest BCUT2D eigenvalue weighted by molar-refractivity contribution is 5.69. The minimum absolute atomic E-state index is 0.0270. The summed E-state index contributed by atoms with van der Waals surface area (Å²) < 4.78 is 10.4. The standard InChI is InChI=1S/C12H16O4/c1-8(2)15-11-4-10(7-13)5-12(6-11)16-9(3)14/h4-6,8,13H,7H2,1-3H3. The first kappa shape index (κ1) is 12.5. The van der Waals surface area contributed by atoms with Crippen LogP contribution >= 0.6 is 0 Å². The Balaban J connectivity index is 2.95. The first-order chi connectivity index (χ1) is 7.51. The lowest BCUT2D eigenvalue weighted by molar-refractivity contribution is -0.131. The fourth-order valence-corrected chi connectivity index (χ4v) is 1.29. The lowest BCUT2D eigenvalue weighted by atomic mass is 10.2. The maximum atomic E-state index is 10.8. The molecule has 1 aromatic rings. The van der Waals surface area contributed by atoms with Gasteiger partial charge in [0.15, 0.2) is 0 Å². The number of esters is 1. The molecular weight excluding hydrogens is 208 g/mol. The van der Waals surface area contributed by atoms with Gasteiger partial charge in [-0.25, -0.2) is 0 Å². The van der Waals surface area contributed by atoms with E-state index < -0.39 is 5.97 Å². The quantitative estimate of drug-likeness (QED) is 0.626. The Morgan fingerprint density at radius 1 is 1.31 bits per heavy atom. The summed E-state index contributed by atoms with van der Waals surface area (Å²) in [6.07, 6.45) is 0.0270. The maximum absolute atomic E-state index is 10.8. The Kier molecular flexibility index (Phi) is 4.31. The summed E-state index contributed by atoms with van der Waals surface area (Å²) in [6, 6.07) is 4.95. The first-order valence-electron chi connectivity index (χ1n) is 5.11. The van der Waals surface area contributed by atoms with Crippen molar-refractivity contribution in [2.75, 3.05) is 0 Å². The highest BCUT2D eigenvalue weighted by atomic mass is 16.5. The molecule has 88 valence electrons. The van der Waals surface area contributed by atoms with Crippen molar-refractivity contribution in [3.05, 3.63) is 23.8 Å².